The molecule has 0 saturated carbocycles. The molecule has 16 heavy (non-hydrogen) atoms. The Labute approximate surface area is 93.4 Å². The van der Waals surface area contributed by atoms with Crippen LogP contribution in [0.15, 0.2) is 24.3 Å². The zero-order valence-corrected chi connectivity index (χ0v) is 9.61. The lowest BCUT2D eigenvalue weighted by Crippen LogP contribution is -2.01. The molecule has 0 bridgehead atoms. The average molecular weight is 243 g/mol. The molecule has 2 aromatic rings. The third-order valence-electron chi connectivity index (χ3n) is 1.69. The summed E-state index contributed by atoms with van der Waals surface area (Å²) in [5, 5.41) is 10.2. The van der Waals surface area contributed by atoms with Crippen LogP contribution in [-0.4, -0.2) is 34.1 Å². The zero-order chi connectivity index (χ0) is 12.0. The maximum Gasteiger partial charge on any atom is 0.264 e. The molecule has 2 N–H and O–H groups in total. The van der Waals surface area contributed by atoms with Gasteiger partial charge in [-0.2, -0.15) is 8.42 Å². The molecule has 0 atom stereocenters. The molecule has 0 unspecified atom stereocenters. The Morgan fingerprint density at radius 3 is 2.56 bits per heavy atom. The minimum Gasteiger partial charge on any atom is -0.286 e. The van der Waals surface area contributed by atoms with Gasteiger partial charge in [0.1, 0.15) is 5.52 Å². The van der Waals surface area contributed by atoms with Crippen LogP contribution in [-0.2, 0) is 10.1 Å². The second kappa shape index (κ2) is 5.57. The minimum atomic E-state index is -3.67. The molecule has 0 saturated heterocycles. The number of hydrogen-bond acceptors (Lipinski definition) is 4. The van der Waals surface area contributed by atoms with Gasteiger partial charge in [-0.15, -0.1) is 5.10 Å². The van der Waals surface area contributed by atoms with Crippen LogP contribution in [0, 0.1) is 0 Å². The summed E-state index contributed by atoms with van der Waals surface area (Å²) in [6, 6.07) is 7.74. The van der Waals surface area contributed by atoms with Gasteiger partial charge in [0.05, 0.1) is 11.3 Å². The molecule has 0 fully saturated rings. The fraction of sp³-hybridized carbons (Fsp3) is 0.333. The van der Waals surface area contributed by atoms with E-state index >= 15 is 0 Å². The molecule has 1 aromatic carbocycles. The van der Waals surface area contributed by atoms with Gasteiger partial charge in [0.25, 0.3) is 10.1 Å². The number of H-pyrrole nitrogens is 1. The zero-order valence-electron chi connectivity index (χ0n) is 8.79. The predicted molar refractivity (Wildman–Crippen MR) is 60.6 cm³/mol. The number of rotatable bonds is 2. The van der Waals surface area contributed by atoms with E-state index in [1.807, 2.05) is 24.3 Å². The van der Waals surface area contributed by atoms with E-state index in [0.717, 1.165) is 11.0 Å². The Bertz CT molecular complexity index is 505. The van der Waals surface area contributed by atoms with Gasteiger partial charge in [-0.05, 0) is 18.6 Å². The molecule has 0 aliphatic heterocycles. The van der Waals surface area contributed by atoms with Gasteiger partial charge in [-0.1, -0.05) is 24.3 Å². The quantitative estimate of drug-likeness (QED) is 0.774. The van der Waals surface area contributed by atoms with Crippen molar-refractivity contribution in [1.82, 2.24) is 15.4 Å². The number of nitrogens with zero attached hydrogens (tertiary/aromatic N) is 2. The van der Waals surface area contributed by atoms with Crippen molar-refractivity contribution in [1.29, 1.82) is 0 Å². The minimum absolute atomic E-state index is 0.132. The van der Waals surface area contributed by atoms with Gasteiger partial charge in [-0.3, -0.25) is 9.65 Å². The number of para-hydroxylation sites is 1. The maximum atomic E-state index is 9.79. The van der Waals surface area contributed by atoms with Crippen LogP contribution in [0.4, 0.5) is 0 Å². The van der Waals surface area contributed by atoms with E-state index in [9.17, 15) is 8.42 Å². The molecular formula is C9H13N3O3S. The fourth-order valence-electron chi connectivity index (χ4n) is 1.05. The molecule has 0 aliphatic rings. The molecule has 0 spiro atoms. The first-order valence-electron chi connectivity index (χ1n) is 4.74. The highest BCUT2D eigenvalue weighted by Crippen LogP contribution is 2.03. The Morgan fingerprint density at radius 2 is 2.06 bits per heavy atom. The lowest BCUT2D eigenvalue weighted by atomic mass is 10.3. The lowest BCUT2D eigenvalue weighted by molar-refractivity contribution is 0.482. The van der Waals surface area contributed by atoms with Crippen molar-refractivity contribution in [2.45, 2.75) is 13.3 Å². The molecule has 1 heterocycles. The molecule has 1 aromatic heterocycles. The van der Waals surface area contributed by atoms with Gasteiger partial charge in [-0.25, -0.2) is 0 Å². The van der Waals surface area contributed by atoms with E-state index in [-0.39, 0.29) is 5.75 Å². The second-order valence-corrected chi connectivity index (χ2v) is 4.69. The summed E-state index contributed by atoms with van der Waals surface area (Å²) in [4.78, 5) is 0. The SMILES string of the molecule is CCCS(=O)(=O)O.c1ccc2[nH]nnc2c1. The van der Waals surface area contributed by atoms with E-state index in [1.54, 1.807) is 6.92 Å². The summed E-state index contributed by atoms with van der Waals surface area (Å²) >= 11 is 0. The van der Waals surface area contributed by atoms with Gasteiger partial charge in [0, 0.05) is 0 Å². The molecular weight excluding hydrogens is 230 g/mol. The molecule has 6 nitrogen and oxygen atoms in total. The van der Waals surface area contributed by atoms with E-state index in [2.05, 4.69) is 15.4 Å². The third-order valence-corrected chi connectivity index (χ3v) is 2.62. The van der Waals surface area contributed by atoms with E-state index in [4.69, 9.17) is 4.55 Å². The molecule has 88 valence electrons. The molecule has 7 heteroatoms. The molecule has 0 radical (unpaired) electrons. The van der Waals surface area contributed by atoms with E-state index in [0.29, 0.717) is 6.42 Å². The summed E-state index contributed by atoms with van der Waals surface area (Å²) in [7, 11) is -3.67. The summed E-state index contributed by atoms with van der Waals surface area (Å²) in [5.74, 6) is -0.132. The topological polar surface area (TPSA) is 95.9 Å². The van der Waals surface area contributed by atoms with Crippen LogP contribution in [0.1, 0.15) is 13.3 Å². The number of hydrogen-bond donors (Lipinski definition) is 2. The number of fused-ring (bicyclic) bond motifs is 1. The number of aromatic nitrogens is 3. The van der Waals surface area contributed by atoms with Crippen LogP contribution >= 0.6 is 0 Å². The monoisotopic (exact) mass is 243 g/mol. The van der Waals surface area contributed by atoms with Crippen LogP contribution in [0.5, 0.6) is 0 Å². The van der Waals surface area contributed by atoms with Gasteiger partial charge in [0.2, 0.25) is 0 Å². The van der Waals surface area contributed by atoms with Crippen molar-refractivity contribution in [3.05, 3.63) is 24.3 Å². The van der Waals surface area contributed by atoms with Crippen LogP contribution in [0.25, 0.3) is 11.0 Å². The van der Waals surface area contributed by atoms with Gasteiger partial charge in [0.15, 0.2) is 0 Å². The largest absolute Gasteiger partial charge is 0.286 e. The first kappa shape index (κ1) is 12.6. The van der Waals surface area contributed by atoms with Crippen molar-refractivity contribution < 1.29 is 13.0 Å². The Balaban J connectivity index is 0.000000168. The van der Waals surface area contributed by atoms with E-state index in [1.165, 1.54) is 0 Å². The van der Waals surface area contributed by atoms with Crippen molar-refractivity contribution >= 4 is 21.2 Å². The lowest BCUT2D eigenvalue weighted by Gasteiger charge is -1.85. The predicted octanol–water partition coefficient (Wildman–Crippen LogP) is 1.24. The Morgan fingerprint density at radius 1 is 1.38 bits per heavy atom. The van der Waals surface area contributed by atoms with Crippen molar-refractivity contribution in [3.63, 3.8) is 0 Å². The average Bonchev–Trinajstić information content (AvgIpc) is 2.64. The Hall–Kier alpha value is -1.47. The highest BCUT2D eigenvalue weighted by Gasteiger charge is 1.98. The normalized spacial score (nSPS) is 10.9. The number of benzene rings is 1. The maximum absolute atomic E-state index is 9.79. The second-order valence-electron chi connectivity index (χ2n) is 3.11. The summed E-state index contributed by atoms with van der Waals surface area (Å²) in [6.07, 6.45) is 0.471. The van der Waals surface area contributed by atoms with Crippen molar-refractivity contribution in [2.24, 2.45) is 0 Å². The first-order chi connectivity index (χ1) is 7.53. The fourth-order valence-corrected chi connectivity index (χ4v) is 1.56. The third kappa shape index (κ3) is 4.37. The van der Waals surface area contributed by atoms with Gasteiger partial charge >= 0.3 is 0 Å². The molecule has 2 rings (SSSR count). The van der Waals surface area contributed by atoms with Crippen LogP contribution in [0.3, 0.4) is 0 Å². The standard InChI is InChI=1S/C6H5N3.C3H8O3S/c1-2-4-6-5(3-1)7-9-8-6;1-2-3-7(4,5)6/h1-4H,(H,7,8,9);2-3H2,1H3,(H,4,5,6). The molecule has 0 aliphatic carbocycles. The summed E-state index contributed by atoms with van der Waals surface area (Å²) < 4.78 is 27.6. The van der Waals surface area contributed by atoms with Gasteiger partial charge < -0.3 is 0 Å². The van der Waals surface area contributed by atoms with Crippen molar-refractivity contribution in [3.8, 4) is 0 Å². The number of nitrogens with one attached hydrogen (secondary N) is 1. The highest BCUT2D eigenvalue weighted by atomic mass is 32.2. The summed E-state index contributed by atoms with van der Waals surface area (Å²) in [5.41, 5.74) is 1.90. The smallest absolute Gasteiger partial charge is 0.264 e. The molecule has 0 amide bonds. The first-order valence-corrected chi connectivity index (χ1v) is 6.35. The Kier molecular flexibility index (Phi) is 4.39. The summed E-state index contributed by atoms with van der Waals surface area (Å²) in [6.45, 7) is 1.69. The van der Waals surface area contributed by atoms with Crippen LogP contribution < -0.4 is 0 Å². The number of aromatic amines is 1. The highest BCUT2D eigenvalue weighted by molar-refractivity contribution is 7.85. The van der Waals surface area contributed by atoms with Crippen LogP contribution in [0.2, 0.25) is 0 Å². The van der Waals surface area contributed by atoms with E-state index < -0.39 is 10.1 Å². The van der Waals surface area contributed by atoms with Crippen molar-refractivity contribution in [2.75, 3.05) is 5.75 Å².